The van der Waals surface area contributed by atoms with Gasteiger partial charge in [-0.1, -0.05) is 219 Å². The van der Waals surface area contributed by atoms with Gasteiger partial charge in [0, 0.05) is 48.4 Å². The highest BCUT2D eigenvalue weighted by molar-refractivity contribution is 9.10. The lowest BCUT2D eigenvalue weighted by Gasteiger charge is -2.30. The van der Waals surface area contributed by atoms with Crippen molar-refractivity contribution in [1.29, 1.82) is 0 Å². The normalized spacial score (nSPS) is 11.7. The molecule has 0 aliphatic carbocycles. The summed E-state index contributed by atoms with van der Waals surface area (Å²) in [7, 11) is 0. The van der Waals surface area contributed by atoms with E-state index in [0.29, 0.717) is 0 Å². The molecule has 0 bridgehead atoms. The first-order chi connectivity index (χ1) is 33.3. The zero-order chi connectivity index (χ0) is 51.9. The number of hydrogen-bond acceptors (Lipinski definition) is 2. The fourth-order valence-corrected chi connectivity index (χ4v) is 9.62. The average Bonchev–Trinajstić information content (AvgIpc) is 3.29. The van der Waals surface area contributed by atoms with Gasteiger partial charge in [-0.2, -0.15) is 0 Å². The van der Waals surface area contributed by atoms with Gasteiger partial charge in [0.15, 0.2) is 0 Å². The Morgan fingerprint density at radius 2 is 0.817 bits per heavy atom. The van der Waals surface area contributed by atoms with Crippen LogP contribution in [0.5, 0.6) is 0 Å². The number of nitrogens with zero attached hydrogens (tertiary/aromatic N) is 1. The fraction of sp³-hybridized carbons (Fsp3) is 0.273. The van der Waals surface area contributed by atoms with Gasteiger partial charge in [-0.05, 0) is 165 Å². The van der Waals surface area contributed by atoms with Crippen molar-refractivity contribution in [3.05, 3.63) is 230 Å². The molecule has 8 rings (SSSR count). The second-order valence-electron chi connectivity index (χ2n) is 22.7. The second-order valence-corrected chi connectivity index (χ2v) is 24.5. The molecule has 0 aromatic heterocycles. The number of halogens is 3. The summed E-state index contributed by atoms with van der Waals surface area (Å²) >= 11 is 15.6. The van der Waals surface area contributed by atoms with Crippen molar-refractivity contribution < 1.29 is 0 Å². The van der Waals surface area contributed by atoms with E-state index in [1.165, 1.54) is 50.1 Å². The van der Waals surface area contributed by atoms with Crippen LogP contribution < -0.4 is 10.2 Å². The molecule has 0 radical (unpaired) electrons. The van der Waals surface area contributed by atoms with Crippen LogP contribution in [0.15, 0.2) is 186 Å². The molecule has 0 aliphatic heterocycles. The van der Waals surface area contributed by atoms with Crippen molar-refractivity contribution in [2.75, 3.05) is 10.2 Å². The van der Waals surface area contributed by atoms with Crippen molar-refractivity contribution in [2.24, 2.45) is 0 Å². The van der Waals surface area contributed by atoms with Crippen LogP contribution in [-0.4, -0.2) is 0 Å². The SMILES string of the molecule is CC(C)(C)c1ccc(Nc2ccc(C(C)(C)C)cc2-c2ccccc2)cc1.Cc1cc(Cl)cc(Br)c1.Cc1cc(Cl)cc(N(c2ccc(C(C)(C)C)cc2)c2ccc(C(C)(C)C)cc2-c2ccccc2)c1. The first-order valence-electron chi connectivity index (χ1n) is 24.6. The maximum atomic E-state index is 6.57. The van der Waals surface area contributed by atoms with Crippen molar-refractivity contribution in [2.45, 2.75) is 119 Å². The van der Waals surface area contributed by atoms with E-state index in [1.807, 2.05) is 31.2 Å². The summed E-state index contributed by atoms with van der Waals surface area (Å²) in [6.45, 7) is 31.2. The van der Waals surface area contributed by atoms with Crippen molar-refractivity contribution in [1.82, 2.24) is 0 Å². The van der Waals surface area contributed by atoms with E-state index in [2.05, 4.69) is 274 Å². The lowest BCUT2D eigenvalue weighted by Crippen LogP contribution is -2.15. The molecule has 0 aliphatic rings. The smallest absolute Gasteiger partial charge is 0.0540 e. The molecule has 0 saturated heterocycles. The molecule has 0 amide bonds. The summed E-state index contributed by atoms with van der Waals surface area (Å²) in [5.41, 5.74) is 18.5. The van der Waals surface area contributed by atoms with Gasteiger partial charge in [-0.3, -0.25) is 0 Å². The largest absolute Gasteiger partial charge is 0.355 e. The summed E-state index contributed by atoms with van der Waals surface area (Å²) in [4.78, 5) is 2.33. The molecule has 2 nitrogen and oxygen atoms in total. The number of benzene rings is 8. The van der Waals surface area contributed by atoms with Gasteiger partial charge in [0.05, 0.1) is 5.69 Å². The van der Waals surface area contributed by atoms with Crippen molar-refractivity contribution in [3.63, 3.8) is 0 Å². The van der Waals surface area contributed by atoms with Crippen LogP contribution in [-0.2, 0) is 21.7 Å². The van der Waals surface area contributed by atoms with E-state index in [0.717, 1.165) is 48.5 Å². The molecule has 5 heteroatoms. The Hall–Kier alpha value is -5.58. The van der Waals surface area contributed by atoms with E-state index in [4.69, 9.17) is 23.2 Å². The Labute approximate surface area is 445 Å². The monoisotopic (exact) mass is 1040 g/mol. The highest BCUT2D eigenvalue weighted by Gasteiger charge is 2.23. The van der Waals surface area contributed by atoms with Crippen LogP contribution in [0.1, 0.15) is 116 Å². The summed E-state index contributed by atoms with van der Waals surface area (Å²) in [6.07, 6.45) is 0. The van der Waals surface area contributed by atoms with Crippen LogP contribution in [0.3, 0.4) is 0 Å². The number of anilines is 5. The van der Waals surface area contributed by atoms with E-state index in [1.54, 1.807) is 0 Å². The van der Waals surface area contributed by atoms with E-state index >= 15 is 0 Å². The third kappa shape index (κ3) is 15.2. The topological polar surface area (TPSA) is 15.3 Å². The Balaban J connectivity index is 0.000000202. The van der Waals surface area contributed by atoms with Crippen LogP contribution in [0.4, 0.5) is 28.4 Å². The maximum Gasteiger partial charge on any atom is 0.0540 e. The minimum Gasteiger partial charge on any atom is -0.355 e. The summed E-state index contributed by atoms with van der Waals surface area (Å²) in [5, 5.41) is 5.15. The molecular formula is C66H73BrCl2N2. The molecule has 0 unspecified atom stereocenters. The zero-order valence-electron chi connectivity index (χ0n) is 44.4. The van der Waals surface area contributed by atoms with E-state index < -0.39 is 0 Å². The minimum atomic E-state index is 0.0495. The average molecular weight is 1050 g/mol. The molecule has 368 valence electrons. The van der Waals surface area contributed by atoms with Crippen LogP contribution in [0.2, 0.25) is 10.0 Å². The predicted octanol–water partition coefficient (Wildman–Crippen LogP) is 21.5. The first-order valence-corrected chi connectivity index (χ1v) is 26.2. The molecule has 0 heterocycles. The van der Waals surface area contributed by atoms with Gasteiger partial charge in [0.1, 0.15) is 0 Å². The highest BCUT2D eigenvalue weighted by Crippen LogP contribution is 2.44. The minimum absolute atomic E-state index is 0.0495. The standard InChI is InChI=1S/C33H36ClN.C26H31N.C7H6BrCl/c1-23-19-27(34)22-29(20-23)35(28-16-13-25(14-17-28)32(2,3)4)31-18-15-26(33(5,6)7)21-30(31)24-11-9-8-10-12-24;1-25(2,3)20-12-15-22(16-13-20)27-24-17-14-21(26(4,5)6)18-23(24)19-10-8-7-9-11-19;1-5-2-6(8)4-7(9)3-5/h8-22H,1-7H3;7-18,27H,1-6H3;2-4H,1H3. The third-order valence-corrected chi connectivity index (χ3v) is 13.4. The predicted molar refractivity (Wildman–Crippen MR) is 317 cm³/mol. The van der Waals surface area contributed by atoms with Crippen molar-refractivity contribution >= 4 is 67.6 Å². The fourth-order valence-electron chi connectivity index (χ4n) is 8.31. The molecule has 0 atom stereocenters. The number of aryl methyl sites for hydroxylation is 2. The molecule has 0 saturated carbocycles. The summed E-state index contributed by atoms with van der Waals surface area (Å²) in [6, 6.07) is 64.7. The number of hydrogen-bond donors (Lipinski definition) is 1. The molecule has 0 fully saturated rings. The second kappa shape index (κ2) is 22.9. The van der Waals surface area contributed by atoms with Gasteiger partial charge in [-0.15, -0.1) is 0 Å². The Kier molecular flexibility index (Phi) is 17.6. The van der Waals surface area contributed by atoms with Gasteiger partial charge >= 0.3 is 0 Å². The quantitative estimate of drug-likeness (QED) is 0.171. The maximum absolute atomic E-state index is 6.57. The highest BCUT2D eigenvalue weighted by atomic mass is 79.9. The lowest BCUT2D eigenvalue weighted by molar-refractivity contribution is 0.590. The molecular weight excluding hydrogens is 972 g/mol. The summed E-state index contributed by atoms with van der Waals surface area (Å²) in [5.74, 6) is 0. The van der Waals surface area contributed by atoms with E-state index in [9.17, 15) is 0 Å². The van der Waals surface area contributed by atoms with Gasteiger partial charge in [-0.25, -0.2) is 0 Å². The van der Waals surface area contributed by atoms with Gasteiger partial charge in [0.2, 0.25) is 0 Å². The van der Waals surface area contributed by atoms with Crippen LogP contribution in [0.25, 0.3) is 22.3 Å². The first kappa shape index (κ1) is 54.7. The van der Waals surface area contributed by atoms with E-state index in [-0.39, 0.29) is 21.7 Å². The van der Waals surface area contributed by atoms with Crippen molar-refractivity contribution in [3.8, 4) is 22.3 Å². The molecule has 0 spiro atoms. The molecule has 1 N–H and O–H groups in total. The van der Waals surface area contributed by atoms with Gasteiger partial charge < -0.3 is 10.2 Å². The summed E-state index contributed by atoms with van der Waals surface area (Å²) < 4.78 is 1.03. The molecule has 71 heavy (non-hydrogen) atoms. The zero-order valence-corrected chi connectivity index (χ0v) is 47.5. The Bertz CT molecular complexity index is 2930. The third-order valence-electron chi connectivity index (χ3n) is 12.5. The van der Waals surface area contributed by atoms with Gasteiger partial charge in [0.25, 0.3) is 0 Å². The molecule has 8 aromatic rings. The Morgan fingerprint density at radius 1 is 0.394 bits per heavy atom. The number of rotatable bonds is 7. The van der Waals surface area contributed by atoms with Crippen LogP contribution in [0, 0.1) is 13.8 Å². The molecule has 8 aromatic carbocycles. The lowest BCUT2D eigenvalue weighted by atomic mass is 9.84. The number of nitrogens with one attached hydrogen (secondary N) is 1. The van der Waals surface area contributed by atoms with Crippen LogP contribution >= 0.6 is 39.1 Å². The Morgan fingerprint density at radius 3 is 1.28 bits per heavy atom.